The molecule has 0 amide bonds. The summed E-state index contributed by atoms with van der Waals surface area (Å²) in [7, 11) is 0. The van der Waals surface area contributed by atoms with Gasteiger partial charge in [-0.2, -0.15) is 0 Å². The number of aliphatic hydroxyl groups excluding tert-OH is 3. The van der Waals surface area contributed by atoms with Gasteiger partial charge < -0.3 is 50.0 Å². The molecule has 0 unspecified atom stereocenters. The van der Waals surface area contributed by atoms with Gasteiger partial charge in [0.05, 0.1) is 23.9 Å². The molecular formula is C45H44O14. The van der Waals surface area contributed by atoms with Crippen LogP contribution in [0.15, 0.2) is 60.7 Å². The Bertz CT molecular complexity index is 2360. The quantitative estimate of drug-likeness (QED) is 0.0349. The smallest absolute Gasteiger partial charge is 0.308 e. The SMILES string of the molecule is CC(=O)Oc1cc(CO)c2c(c1C=Cc1ccccc1)C(=O)c1cc(O[C@H]3O[C@H](C)[C@@H](O)C(O)(O)[C@H]3O)c(Cc3cccc(C4(O)CCCCC4)c3C=O)c(O)c1C2=O. The molecule has 4 aromatic rings. The van der Waals surface area contributed by atoms with Crippen LogP contribution in [-0.4, -0.2) is 90.0 Å². The van der Waals surface area contributed by atoms with Gasteiger partial charge in [0.2, 0.25) is 12.1 Å². The normalized spacial score (nSPS) is 22.1. The zero-order chi connectivity index (χ0) is 42.4. The maximum absolute atomic E-state index is 14.8. The number of carbonyl (C=O) groups is 4. The Morgan fingerprint density at radius 1 is 0.847 bits per heavy atom. The lowest BCUT2D eigenvalue weighted by Crippen LogP contribution is -2.67. The monoisotopic (exact) mass is 808 g/mol. The van der Waals surface area contributed by atoms with Crippen molar-refractivity contribution in [2.45, 2.75) is 95.0 Å². The van der Waals surface area contributed by atoms with Gasteiger partial charge in [-0.25, -0.2) is 0 Å². The number of aliphatic hydroxyl groups is 6. The van der Waals surface area contributed by atoms with Crippen LogP contribution in [0.4, 0.5) is 0 Å². The fourth-order valence-electron chi connectivity index (χ4n) is 8.33. The van der Waals surface area contributed by atoms with Crippen molar-refractivity contribution in [1.82, 2.24) is 0 Å². The number of esters is 1. The number of carbonyl (C=O) groups excluding carboxylic acids is 4. The largest absolute Gasteiger partial charge is 0.507 e. The lowest BCUT2D eigenvalue weighted by Gasteiger charge is -2.44. The van der Waals surface area contributed by atoms with Crippen LogP contribution >= 0.6 is 0 Å². The summed E-state index contributed by atoms with van der Waals surface area (Å²) in [6.07, 6.45) is -0.986. The van der Waals surface area contributed by atoms with Crippen molar-refractivity contribution in [3.05, 3.63) is 122 Å². The molecule has 1 heterocycles. The van der Waals surface area contributed by atoms with E-state index in [-0.39, 0.29) is 56.9 Å². The van der Waals surface area contributed by atoms with Crippen LogP contribution in [0, 0.1) is 0 Å². The van der Waals surface area contributed by atoms with Gasteiger partial charge in [0, 0.05) is 46.7 Å². The van der Waals surface area contributed by atoms with Crippen molar-refractivity contribution in [3.8, 4) is 17.2 Å². The number of hydrogen-bond acceptors (Lipinski definition) is 14. The summed E-state index contributed by atoms with van der Waals surface area (Å²) in [6, 6.07) is 16.1. The molecule has 4 aromatic carbocycles. The molecule has 59 heavy (non-hydrogen) atoms. The summed E-state index contributed by atoms with van der Waals surface area (Å²) >= 11 is 0. The minimum atomic E-state index is -3.13. The maximum Gasteiger partial charge on any atom is 0.308 e. The standard InChI is InChI=1S/C45H44O14/c1-23-41(52)45(55,56)42(53)43(57-23)59-34-20-30-37(38(49)29(34)18-26-12-9-13-32(31(26)22-47)44(54)16-7-4-8-17-44)40(51)35-27(21-46)19-33(58-24(2)48)28(36(35)39(30)50)15-14-25-10-5-3-6-11-25/h3,5-6,9-15,19-20,22-23,41-43,46,49,52-56H,4,7-8,16-18,21H2,1-2H3/t23-,41-,42+,43-/m1/s1. The predicted octanol–water partition coefficient (Wildman–Crippen LogP) is 3.84. The Hall–Kier alpha value is -5.58. The van der Waals surface area contributed by atoms with Crippen molar-refractivity contribution in [1.29, 1.82) is 0 Å². The Labute approximate surface area is 338 Å². The Balaban J connectivity index is 1.44. The lowest BCUT2D eigenvalue weighted by atomic mass is 9.76. The minimum Gasteiger partial charge on any atom is -0.507 e. The highest BCUT2D eigenvalue weighted by Crippen LogP contribution is 2.46. The molecule has 14 nitrogen and oxygen atoms in total. The van der Waals surface area contributed by atoms with Gasteiger partial charge in [-0.15, -0.1) is 0 Å². The molecule has 7 rings (SSSR count). The molecule has 0 bridgehead atoms. The number of phenols is 1. The average molecular weight is 809 g/mol. The summed E-state index contributed by atoms with van der Waals surface area (Å²) < 4.78 is 17.2. The fraction of sp³-hybridized carbons (Fsp3) is 0.333. The summed E-state index contributed by atoms with van der Waals surface area (Å²) in [4.78, 5) is 54.6. The number of phenolic OH excluding ortho intramolecular Hbond substituents is 1. The second-order valence-electron chi connectivity index (χ2n) is 15.2. The Morgan fingerprint density at radius 3 is 2.22 bits per heavy atom. The molecule has 7 N–H and O–H groups in total. The van der Waals surface area contributed by atoms with E-state index in [1.165, 1.54) is 19.1 Å². The van der Waals surface area contributed by atoms with E-state index in [2.05, 4.69) is 0 Å². The van der Waals surface area contributed by atoms with Gasteiger partial charge in [0.15, 0.2) is 24.0 Å². The molecule has 2 fully saturated rings. The van der Waals surface area contributed by atoms with E-state index in [0.29, 0.717) is 30.3 Å². The topological polar surface area (TPSA) is 238 Å². The molecule has 4 atom stereocenters. The zero-order valence-corrected chi connectivity index (χ0v) is 32.3. The summed E-state index contributed by atoms with van der Waals surface area (Å²) in [5, 5.41) is 77.0. The highest BCUT2D eigenvalue weighted by Gasteiger charge is 2.54. The molecule has 14 heteroatoms. The number of rotatable bonds is 10. The van der Waals surface area contributed by atoms with Gasteiger partial charge in [-0.1, -0.05) is 73.9 Å². The van der Waals surface area contributed by atoms with E-state index in [1.807, 2.05) is 0 Å². The second-order valence-corrected chi connectivity index (χ2v) is 15.2. The number of ketones is 2. The molecule has 0 radical (unpaired) electrons. The van der Waals surface area contributed by atoms with Crippen molar-refractivity contribution in [3.63, 3.8) is 0 Å². The summed E-state index contributed by atoms with van der Waals surface area (Å²) in [5.41, 5.74) is -1.51. The molecule has 0 spiro atoms. The van der Waals surface area contributed by atoms with Crippen molar-refractivity contribution >= 4 is 36.0 Å². The van der Waals surface area contributed by atoms with E-state index in [1.54, 1.807) is 54.6 Å². The lowest BCUT2D eigenvalue weighted by molar-refractivity contribution is -0.371. The number of benzene rings is 4. The van der Waals surface area contributed by atoms with Crippen molar-refractivity contribution < 1.29 is 69.1 Å². The first-order chi connectivity index (χ1) is 28.1. The average Bonchev–Trinajstić information content (AvgIpc) is 3.21. The van der Waals surface area contributed by atoms with Crippen LogP contribution in [0.1, 0.15) is 122 Å². The molecule has 1 saturated heterocycles. The highest BCUT2D eigenvalue weighted by atomic mass is 16.7. The predicted molar refractivity (Wildman–Crippen MR) is 210 cm³/mol. The number of hydrogen-bond donors (Lipinski definition) is 7. The van der Waals surface area contributed by atoms with Gasteiger partial charge >= 0.3 is 5.97 Å². The maximum atomic E-state index is 14.8. The third-order valence-electron chi connectivity index (χ3n) is 11.4. The summed E-state index contributed by atoms with van der Waals surface area (Å²) in [6.45, 7) is 1.66. The first-order valence-corrected chi connectivity index (χ1v) is 19.2. The highest BCUT2D eigenvalue weighted by molar-refractivity contribution is 6.31. The molecule has 0 aromatic heterocycles. The zero-order valence-electron chi connectivity index (χ0n) is 32.3. The molecule has 308 valence electrons. The Morgan fingerprint density at radius 2 is 1.56 bits per heavy atom. The number of ether oxygens (including phenoxy) is 3. The third-order valence-corrected chi connectivity index (χ3v) is 11.4. The third kappa shape index (κ3) is 7.49. The molecular weight excluding hydrogens is 764 g/mol. The van der Waals surface area contributed by atoms with Crippen LogP contribution in [0.2, 0.25) is 0 Å². The molecule has 2 aliphatic carbocycles. The Kier molecular flexibility index (Phi) is 11.4. The van der Waals surface area contributed by atoms with E-state index in [0.717, 1.165) is 32.3 Å². The van der Waals surface area contributed by atoms with Gasteiger partial charge in [0.1, 0.15) is 23.4 Å². The molecule has 1 aliphatic heterocycles. The van der Waals surface area contributed by atoms with Crippen molar-refractivity contribution in [2.75, 3.05) is 0 Å². The summed E-state index contributed by atoms with van der Waals surface area (Å²) in [5.74, 6) is -6.92. The number of aromatic hydroxyl groups is 1. The van der Waals surface area contributed by atoms with E-state index in [9.17, 15) is 54.9 Å². The van der Waals surface area contributed by atoms with Gasteiger partial charge in [-0.3, -0.25) is 19.2 Å². The molecule has 1 saturated carbocycles. The van der Waals surface area contributed by atoms with E-state index >= 15 is 0 Å². The second kappa shape index (κ2) is 16.2. The van der Waals surface area contributed by atoms with Crippen molar-refractivity contribution in [2.24, 2.45) is 0 Å². The van der Waals surface area contributed by atoms with Crippen LogP contribution in [-0.2, 0) is 28.2 Å². The van der Waals surface area contributed by atoms with E-state index in [4.69, 9.17) is 14.2 Å². The van der Waals surface area contributed by atoms with E-state index < -0.39 is 77.0 Å². The minimum absolute atomic E-state index is 0.0126. The van der Waals surface area contributed by atoms with Crippen LogP contribution in [0.25, 0.3) is 12.2 Å². The number of aldehydes is 1. The van der Waals surface area contributed by atoms with Gasteiger partial charge in [-0.05, 0) is 60.2 Å². The van der Waals surface area contributed by atoms with Crippen LogP contribution in [0.5, 0.6) is 17.2 Å². The first-order valence-electron chi connectivity index (χ1n) is 19.2. The van der Waals surface area contributed by atoms with Crippen LogP contribution in [0.3, 0.4) is 0 Å². The van der Waals surface area contributed by atoms with Crippen LogP contribution < -0.4 is 9.47 Å². The van der Waals surface area contributed by atoms with Gasteiger partial charge in [0.25, 0.3) is 0 Å². The molecule has 3 aliphatic rings. The number of fused-ring (bicyclic) bond motifs is 2. The fourth-order valence-corrected chi connectivity index (χ4v) is 8.33. The first kappa shape index (κ1) is 41.6.